The lowest BCUT2D eigenvalue weighted by Crippen LogP contribution is -2.34. The molecular weight excluding hydrogens is 989 g/mol. The maximum atomic E-state index is 5.60. The minimum Gasteiger partial charge on any atom is -0.344 e. The zero-order valence-electron chi connectivity index (χ0n) is 43.8. The molecule has 11 aromatic carbocycles. The van der Waals surface area contributed by atoms with Crippen LogP contribution in [0, 0.1) is 0 Å². The molecule has 1 N–H and O–H groups in total. The number of fused-ring (bicyclic) bond motifs is 10. The number of aromatic nitrogens is 5. The molecule has 0 saturated carbocycles. The molecule has 16 rings (SSSR count). The normalized spacial score (nSPS) is 14.4. The largest absolute Gasteiger partial charge is 0.344 e. The van der Waals surface area contributed by atoms with Gasteiger partial charge in [-0.1, -0.05) is 261 Å². The van der Waals surface area contributed by atoms with Crippen molar-refractivity contribution in [3.8, 4) is 45.5 Å². The first-order valence-electron chi connectivity index (χ1n) is 27.5. The van der Waals surface area contributed by atoms with Crippen molar-refractivity contribution in [1.29, 1.82) is 0 Å². The number of rotatable bonds is 9. The van der Waals surface area contributed by atoms with Crippen molar-refractivity contribution < 1.29 is 0 Å². The van der Waals surface area contributed by atoms with Crippen LogP contribution >= 0.6 is 0 Å². The Bertz CT molecular complexity index is 4740. The summed E-state index contributed by atoms with van der Waals surface area (Å²) in [4.78, 5) is 27.0. The molecule has 0 bridgehead atoms. The number of nitrogens with one attached hydrogen (secondary N) is 1. The summed E-state index contributed by atoms with van der Waals surface area (Å²) in [6.07, 6.45) is -0.573. The number of benzene rings is 11. The molecule has 0 amide bonds. The van der Waals surface area contributed by atoms with Crippen LogP contribution in [-0.4, -0.2) is 35.8 Å². The number of hydrogen-bond acceptors (Lipinski definition) is 6. The van der Waals surface area contributed by atoms with Gasteiger partial charge < -0.3 is 9.88 Å². The van der Waals surface area contributed by atoms with Gasteiger partial charge >= 0.3 is 0 Å². The van der Waals surface area contributed by atoms with Crippen molar-refractivity contribution in [1.82, 2.24) is 29.4 Å². The van der Waals surface area contributed by atoms with Crippen molar-refractivity contribution >= 4 is 55.3 Å². The Balaban J connectivity index is 0.936. The van der Waals surface area contributed by atoms with Gasteiger partial charge in [-0.2, -0.15) is 9.97 Å². The molecule has 1 aliphatic heterocycles. The Hall–Kier alpha value is -10.8. The van der Waals surface area contributed by atoms with Crippen LogP contribution in [-0.2, 0) is 5.41 Å². The van der Waals surface area contributed by atoms with Crippen LogP contribution in [0.25, 0.3) is 89.2 Å². The van der Waals surface area contributed by atoms with Crippen molar-refractivity contribution in [2.45, 2.75) is 11.6 Å². The average Bonchev–Trinajstić information content (AvgIpc) is 4.31. The lowest BCUT2D eigenvalue weighted by molar-refractivity contribution is 0.670. The van der Waals surface area contributed by atoms with Crippen LogP contribution in [0.1, 0.15) is 45.1 Å². The van der Waals surface area contributed by atoms with E-state index in [1.807, 2.05) is 42.5 Å². The molecule has 3 aromatic heterocycles. The minimum atomic E-state index is -0.583. The highest BCUT2D eigenvalue weighted by atomic mass is 15.2. The number of nitrogens with zero attached hydrogens (tertiary/aromatic N) is 7. The maximum absolute atomic E-state index is 5.60. The van der Waals surface area contributed by atoms with E-state index in [2.05, 4.69) is 251 Å². The van der Waals surface area contributed by atoms with E-state index in [1.165, 1.54) is 27.8 Å². The molecule has 81 heavy (non-hydrogen) atoms. The highest BCUT2D eigenvalue weighted by molar-refractivity contribution is 6.24. The fraction of sp³-hybridized carbons (Fsp3) is 0.0274. The molecule has 380 valence electrons. The molecule has 4 heterocycles. The second-order valence-corrected chi connectivity index (χ2v) is 20.7. The minimum absolute atomic E-state index is 0.527. The zero-order chi connectivity index (χ0) is 53.4. The standard InChI is InChI=1S/C73H48N8/c1-6-25-47(26-7-1)67-75-70(77-71(76-67)58-39-24-41-60-64(58)56-37-16-20-40-59(56)73(60,50-31-12-4-13-32-50)51-33-14-5-15-34-51)57-38-19-23-44-63(57)80-61-42-21-17-35-52(61)54-45-46-55-53-36-18-22-43-62(53)81(66(55)65(54)80)72-78-68(48-27-8-2-9-28-48)74-69(79-72)49-29-10-3-11-30-49/h1-46,70H,(H,75,76,77). The van der Waals surface area contributed by atoms with E-state index in [-0.39, 0.29) is 0 Å². The van der Waals surface area contributed by atoms with Crippen molar-refractivity contribution in [2.75, 3.05) is 0 Å². The predicted molar refractivity (Wildman–Crippen MR) is 329 cm³/mol. The first kappa shape index (κ1) is 46.3. The van der Waals surface area contributed by atoms with Gasteiger partial charge in [0.2, 0.25) is 5.95 Å². The van der Waals surface area contributed by atoms with Crippen LogP contribution in [0.15, 0.2) is 289 Å². The summed E-state index contributed by atoms with van der Waals surface area (Å²) in [5.74, 6) is 3.10. The second kappa shape index (κ2) is 18.7. The number of hydrogen-bond donors (Lipinski definition) is 1. The molecule has 0 radical (unpaired) electrons. The second-order valence-electron chi connectivity index (χ2n) is 20.7. The Labute approximate surface area is 467 Å². The number of aliphatic imine (C=N–C) groups is 2. The van der Waals surface area contributed by atoms with Gasteiger partial charge in [-0.3, -0.25) is 4.57 Å². The topological polar surface area (TPSA) is 85.3 Å². The molecular formula is C73H48N8. The summed E-state index contributed by atoms with van der Waals surface area (Å²) in [7, 11) is 0. The molecule has 2 aliphatic rings. The van der Waals surface area contributed by atoms with Gasteiger partial charge in [0.05, 0.1) is 33.2 Å². The van der Waals surface area contributed by atoms with Gasteiger partial charge in [0.25, 0.3) is 0 Å². The molecule has 0 spiro atoms. The van der Waals surface area contributed by atoms with E-state index in [9.17, 15) is 0 Å². The van der Waals surface area contributed by atoms with Crippen LogP contribution < -0.4 is 5.32 Å². The van der Waals surface area contributed by atoms with Gasteiger partial charge in [0, 0.05) is 49.4 Å². The summed E-state index contributed by atoms with van der Waals surface area (Å²) >= 11 is 0. The summed E-state index contributed by atoms with van der Waals surface area (Å²) in [6, 6.07) is 98.8. The third kappa shape index (κ3) is 7.20. The number of para-hydroxylation sites is 3. The molecule has 1 aliphatic carbocycles. The van der Waals surface area contributed by atoms with E-state index in [0.29, 0.717) is 23.4 Å². The number of amidine groups is 2. The van der Waals surface area contributed by atoms with E-state index < -0.39 is 11.6 Å². The van der Waals surface area contributed by atoms with E-state index in [0.717, 1.165) is 88.5 Å². The van der Waals surface area contributed by atoms with E-state index in [1.54, 1.807) is 0 Å². The quantitative estimate of drug-likeness (QED) is 0.156. The highest BCUT2D eigenvalue weighted by Crippen LogP contribution is 2.57. The fourth-order valence-corrected chi connectivity index (χ4v) is 12.9. The first-order chi connectivity index (χ1) is 40.2. The lowest BCUT2D eigenvalue weighted by atomic mass is 9.67. The first-order valence-corrected chi connectivity index (χ1v) is 27.5. The van der Waals surface area contributed by atoms with Crippen LogP contribution in [0.5, 0.6) is 0 Å². The fourth-order valence-electron chi connectivity index (χ4n) is 12.9. The third-order valence-electron chi connectivity index (χ3n) is 16.3. The van der Waals surface area contributed by atoms with Gasteiger partial charge in [-0.15, -0.1) is 0 Å². The lowest BCUT2D eigenvalue weighted by Gasteiger charge is -2.34. The molecule has 8 heteroatoms. The predicted octanol–water partition coefficient (Wildman–Crippen LogP) is 16.3. The molecule has 0 saturated heterocycles. The summed E-state index contributed by atoms with van der Waals surface area (Å²) in [6.45, 7) is 0. The SMILES string of the molecule is c1ccc(C2=NC(c3ccccc3-n3c4ccccc4c4ccc5c6ccccc6n(-c6nc(-c7ccccc7)nc(-c7ccccc7)n6)c5c43)NC(c3cccc4c3-c3ccccc3C4(c3ccccc3)c3ccccc3)=N2)cc1. The molecule has 14 aromatic rings. The van der Waals surface area contributed by atoms with Gasteiger partial charge in [-0.05, 0) is 51.6 Å². The zero-order valence-corrected chi connectivity index (χ0v) is 43.8. The Morgan fingerprint density at radius 3 is 1.48 bits per heavy atom. The Morgan fingerprint density at radius 2 is 0.852 bits per heavy atom. The Morgan fingerprint density at radius 1 is 0.370 bits per heavy atom. The van der Waals surface area contributed by atoms with Crippen molar-refractivity contribution in [3.63, 3.8) is 0 Å². The monoisotopic (exact) mass is 1040 g/mol. The third-order valence-corrected chi connectivity index (χ3v) is 16.3. The summed E-state index contributed by atoms with van der Waals surface area (Å²) < 4.78 is 4.68. The van der Waals surface area contributed by atoms with Crippen molar-refractivity contribution in [2.24, 2.45) is 9.98 Å². The van der Waals surface area contributed by atoms with Gasteiger partial charge in [0.1, 0.15) is 12.0 Å². The molecule has 0 fully saturated rings. The van der Waals surface area contributed by atoms with Gasteiger partial charge in [-0.25, -0.2) is 15.0 Å². The van der Waals surface area contributed by atoms with Crippen LogP contribution in [0.3, 0.4) is 0 Å². The van der Waals surface area contributed by atoms with Crippen LogP contribution in [0.4, 0.5) is 0 Å². The molecule has 8 nitrogen and oxygen atoms in total. The van der Waals surface area contributed by atoms with Gasteiger partial charge in [0.15, 0.2) is 17.5 Å². The highest BCUT2D eigenvalue weighted by Gasteiger charge is 2.47. The maximum Gasteiger partial charge on any atom is 0.238 e. The molecule has 1 atom stereocenters. The molecule has 1 unspecified atom stereocenters. The Kier molecular flexibility index (Phi) is 10.7. The van der Waals surface area contributed by atoms with Crippen LogP contribution in [0.2, 0.25) is 0 Å². The van der Waals surface area contributed by atoms with E-state index >= 15 is 0 Å². The van der Waals surface area contributed by atoms with E-state index in [4.69, 9.17) is 24.9 Å². The smallest absolute Gasteiger partial charge is 0.238 e. The summed E-state index contributed by atoms with van der Waals surface area (Å²) in [5, 5.41) is 8.41. The summed E-state index contributed by atoms with van der Waals surface area (Å²) in [5.41, 5.74) is 16.3. The van der Waals surface area contributed by atoms with Crippen molar-refractivity contribution in [3.05, 3.63) is 318 Å². The average molecular weight is 1040 g/mol.